The molecule has 1 aromatic heterocycles. The van der Waals surface area contributed by atoms with Gasteiger partial charge in [0.15, 0.2) is 0 Å². The van der Waals surface area contributed by atoms with Crippen molar-refractivity contribution in [3.05, 3.63) is 23.7 Å². The summed E-state index contributed by atoms with van der Waals surface area (Å²) in [4.78, 5) is 0. The number of nitrogens with one attached hydrogen (secondary N) is 1. The number of hydrogen-bond donors (Lipinski definition) is 1. The summed E-state index contributed by atoms with van der Waals surface area (Å²) in [5.41, 5.74) is 0. The van der Waals surface area contributed by atoms with E-state index in [0.717, 1.165) is 24.5 Å². The summed E-state index contributed by atoms with van der Waals surface area (Å²) >= 11 is 0. The number of aryl methyl sites for hydroxylation is 1. The molecule has 1 fully saturated rings. The highest BCUT2D eigenvalue weighted by molar-refractivity contribution is 5.85. The minimum Gasteiger partial charge on any atom is -0.464 e. The average Bonchev–Trinajstić information content (AvgIpc) is 2.75. The Morgan fingerprint density at radius 3 is 2.92 bits per heavy atom. The zero-order valence-electron chi connectivity index (χ0n) is 7.88. The van der Waals surface area contributed by atoms with Gasteiger partial charge in [-0.15, -0.1) is 12.4 Å². The van der Waals surface area contributed by atoms with Crippen LogP contribution in [0.25, 0.3) is 0 Å². The van der Waals surface area contributed by atoms with E-state index in [9.17, 15) is 0 Å². The monoisotopic (exact) mass is 201 g/mol. The van der Waals surface area contributed by atoms with Gasteiger partial charge >= 0.3 is 0 Å². The molecule has 1 atom stereocenters. The molecule has 0 radical (unpaired) electrons. The van der Waals surface area contributed by atoms with Crippen molar-refractivity contribution in [1.29, 1.82) is 0 Å². The zero-order chi connectivity index (χ0) is 8.39. The van der Waals surface area contributed by atoms with Crippen molar-refractivity contribution < 1.29 is 4.42 Å². The van der Waals surface area contributed by atoms with Crippen molar-refractivity contribution in [3.8, 4) is 0 Å². The van der Waals surface area contributed by atoms with Crippen LogP contribution >= 0.6 is 12.4 Å². The van der Waals surface area contributed by atoms with E-state index in [1.807, 2.05) is 0 Å². The second kappa shape index (κ2) is 4.68. The first-order valence-electron chi connectivity index (χ1n) is 4.72. The van der Waals surface area contributed by atoms with Crippen LogP contribution in [0.3, 0.4) is 0 Å². The summed E-state index contributed by atoms with van der Waals surface area (Å²) in [6, 6.07) is 4.65. The summed E-state index contributed by atoms with van der Waals surface area (Å²) in [5.74, 6) is 2.21. The van der Waals surface area contributed by atoms with Gasteiger partial charge in [-0.1, -0.05) is 6.92 Å². The standard InChI is InChI=1S/C10H15NO.ClH/c1-2-8-5-6-10(12-8)9-4-3-7-11-9;/h5-6,9,11H,2-4,7H2,1H3;1H/t9-;/m0./s1. The van der Waals surface area contributed by atoms with E-state index < -0.39 is 0 Å². The fraction of sp³-hybridized carbons (Fsp3) is 0.600. The number of hydrogen-bond acceptors (Lipinski definition) is 2. The largest absolute Gasteiger partial charge is 0.464 e. The first kappa shape index (κ1) is 10.6. The van der Waals surface area contributed by atoms with Crippen molar-refractivity contribution >= 4 is 12.4 Å². The highest BCUT2D eigenvalue weighted by Gasteiger charge is 2.18. The Kier molecular flexibility index (Phi) is 3.82. The Morgan fingerprint density at radius 2 is 2.38 bits per heavy atom. The zero-order valence-corrected chi connectivity index (χ0v) is 8.69. The van der Waals surface area contributed by atoms with Gasteiger partial charge in [-0.2, -0.15) is 0 Å². The minimum atomic E-state index is 0. The first-order chi connectivity index (χ1) is 5.90. The lowest BCUT2D eigenvalue weighted by Gasteiger charge is -2.04. The summed E-state index contributed by atoms with van der Waals surface area (Å²) in [7, 11) is 0. The molecule has 0 unspecified atom stereocenters. The van der Waals surface area contributed by atoms with E-state index in [1.165, 1.54) is 12.8 Å². The molecule has 1 aliphatic rings. The van der Waals surface area contributed by atoms with Crippen LogP contribution in [0.2, 0.25) is 0 Å². The molecule has 2 rings (SSSR count). The lowest BCUT2D eigenvalue weighted by atomic mass is 10.2. The lowest BCUT2D eigenvalue weighted by Crippen LogP contribution is -2.11. The lowest BCUT2D eigenvalue weighted by molar-refractivity contribution is 0.420. The normalized spacial score (nSPS) is 21.5. The Balaban J connectivity index is 0.000000845. The summed E-state index contributed by atoms with van der Waals surface area (Å²) < 4.78 is 5.65. The van der Waals surface area contributed by atoms with Crippen molar-refractivity contribution in [2.75, 3.05) is 6.54 Å². The van der Waals surface area contributed by atoms with Crippen LogP contribution in [-0.4, -0.2) is 6.54 Å². The van der Waals surface area contributed by atoms with Gasteiger partial charge in [0.25, 0.3) is 0 Å². The topological polar surface area (TPSA) is 25.2 Å². The molecule has 0 amide bonds. The number of furan rings is 1. The maximum atomic E-state index is 5.65. The van der Waals surface area contributed by atoms with Gasteiger partial charge in [0.05, 0.1) is 6.04 Å². The molecule has 2 nitrogen and oxygen atoms in total. The summed E-state index contributed by atoms with van der Waals surface area (Å²) in [6.45, 7) is 3.25. The molecule has 0 aromatic carbocycles. The van der Waals surface area contributed by atoms with Crippen LogP contribution in [0.5, 0.6) is 0 Å². The average molecular weight is 202 g/mol. The SMILES string of the molecule is CCc1ccc([C@@H]2CCCN2)o1.Cl. The smallest absolute Gasteiger partial charge is 0.121 e. The third-order valence-electron chi connectivity index (χ3n) is 2.43. The molecule has 1 aromatic rings. The maximum Gasteiger partial charge on any atom is 0.121 e. The second-order valence-electron chi connectivity index (χ2n) is 3.31. The first-order valence-corrected chi connectivity index (χ1v) is 4.72. The van der Waals surface area contributed by atoms with Crippen LogP contribution in [-0.2, 0) is 6.42 Å². The summed E-state index contributed by atoms with van der Waals surface area (Å²) in [6.07, 6.45) is 3.48. The molecule has 1 aliphatic heterocycles. The Morgan fingerprint density at radius 1 is 1.54 bits per heavy atom. The number of rotatable bonds is 2. The molecule has 0 spiro atoms. The highest BCUT2D eigenvalue weighted by atomic mass is 35.5. The Labute approximate surface area is 85.1 Å². The molecular weight excluding hydrogens is 186 g/mol. The fourth-order valence-electron chi connectivity index (χ4n) is 1.70. The van der Waals surface area contributed by atoms with Crippen molar-refractivity contribution in [2.45, 2.75) is 32.2 Å². The molecule has 3 heteroatoms. The third kappa shape index (κ3) is 2.26. The van der Waals surface area contributed by atoms with E-state index in [1.54, 1.807) is 0 Å². The molecule has 0 bridgehead atoms. The molecule has 13 heavy (non-hydrogen) atoms. The molecule has 1 N–H and O–H groups in total. The van der Waals surface area contributed by atoms with E-state index >= 15 is 0 Å². The van der Waals surface area contributed by atoms with E-state index in [-0.39, 0.29) is 12.4 Å². The van der Waals surface area contributed by atoms with Gasteiger partial charge in [0.2, 0.25) is 0 Å². The third-order valence-corrected chi connectivity index (χ3v) is 2.43. The predicted octanol–water partition coefficient (Wildman–Crippen LogP) is 2.69. The molecule has 1 saturated heterocycles. The molecule has 0 saturated carbocycles. The van der Waals surface area contributed by atoms with E-state index in [2.05, 4.69) is 24.4 Å². The second-order valence-corrected chi connectivity index (χ2v) is 3.31. The van der Waals surface area contributed by atoms with Gasteiger partial charge < -0.3 is 9.73 Å². The van der Waals surface area contributed by atoms with Gasteiger partial charge in [-0.3, -0.25) is 0 Å². The number of halogens is 1. The van der Waals surface area contributed by atoms with Crippen molar-refractivity contribution in [3.63, 3.8) is 0 Å². The fourth-order valence-corrected chi connectivity index (χ4v) is 1.70. The van der Waals surface area contributed by atoms with Crippen LogP contribution in [0, 0.1) is 0 Å². The Hall–Kier alpha value is -0.470. The van der Waals surface area contributed by atoms with Crippen LogP contribution in [0.4, 0.5) is 0 Å². The van der Waals surface area contributed by atoms with E-state index in [0.29, 0.717) is 6.04 Å². The molecule has 74 valence electrons. The maximum absolute atomic E-state index is 5.65. The molecule has 0 aliphatic carbocycles. The Bertz CT molecular complexity index is 253. The van der Waals surface area contributed by atoms with Crippen LogP contribution in [0.1, 0.15) is 37.3 Å². The predicted molar refractivity (Wildman–Crippen MR) is 55.3 cm³/mol. The van der Waals surface area contributed by atoms with Gasteiger partial charge in [0.1, 0.15) is 11.5 Å². The summed E-state index contributed by atoms with van der Waals surface area (Å²) in [5, 5.41) is 3.42. The molecule has 2 heterocycles. The van der Waals surface area contributed by atoms with Gasteiger partial charge in [-0.05, 0) is 31.5 Å². The van der Waals surface area contributed by atoms with Gasteiger partial charge in [-0.25, -0.2) is 0 Å². The van der Waals surface area contributed by atoms with Crippen molar-refractivity contribution in [1.82, 2.24) is 5.32 Å². The van der Waals surface area contributed by atoms with Crippen molar-refractivity contribution in [2.24, 2.45) is 0 Å². The van der Waals surface area contributed by atoms with Crippen LogP contribution < -0.4 is 5.32 Å². The quantitative estimate of drug-likeness (QED) is 0.796. The van der Waals surface area contributed by atoms with Gasteiger partial charge in [0, 0.05) is 6.42 Å². The minimum absolute atomic E-state index is 0. The van der Waals surface area contributed by atoms with Crippen LogP contribution in [0.15, 0.2) is 16.5 Å². The molecular formula is C10H16ClNO. The van der Waals surface area contributed by atoms with E-state index in [4.69, 9.17) is 4.42 Å². The highest BCUT2D eigenvalue weighted by Crippen LogP contribution is 2.24.